The molecule has 21 heavy (non-hydrogen) atoms. The highest BCUT2D eigenvalue weighted by atomic mass is 16.6. The van der Waals surface area contributed by atoms with Crippen LogP contribution in [-0.4, -0.2) is 11.9 Å². The second-order valence-corrected chi connectivity index (χ2v) is 5.21. The van der Waals surface area contributed by atoms with Crippen molar-refractivity contribution < 1.29 is 14.3 Å². The minimum atomic E-state index is -0.599. The third kappa shape index (κ3) is 3.02. The second kappa shape index (κ2) is 5.92. The van der Waals surface area contributed by atoms with E-state index >= 15 is 0 Å². The average Bonchev–Trinajstić information content (AvgIpc) is 2.38. The number of carbonyl (C=O) groups is 2. The predicted molar refractivity (Wildman–Crippen MR) is 81.6 cm³/mol. The molecule has 0 aliphatic rings. The van der Waals surface area contributed by atoms with E-state index in [1.54, 1.807) is 0 Å². The lowest BCUT2D eigenvalue weighted by molar-refractivity contribution is 0.0396. The fourth-order valence-corrected chi connectivity index (χ4v) is 2.46. The summed E-state index contributed by atoms with van der Waals surface area (Å²) in [5, 5.41) is 0. The molecule has 3 heteroatoms. The fourth-order valence-electron chi connectivity index (χ4n) is 2.46. The van der Waals surface area contributed by atoms with Crippen molar-refractivity contribution >= 4 is 11.9 Å². The molecule has 0 saturated heterocycles. The Hall–Kier alpha value is -2.42. The van der Waals surface area contributed by atoms with Gasteiger partial charge in [-0.15, -0.1) is 0 Å². The number of hydrogen-bond donors (Lipinski definition) is 0. The number of benzene rings is 2. The maximum atomic E-state index is 12.2. The zero-order valence-corrected chi connectivity index (χ0v) is 12.7. The average molecular weight is 282 g/mol. The molecule has 0 atom stereocenters. The number of carbonyl (C=O) groups excluding carboxylic acids is 2. The van der Waals surface area contributed by atoms with Crippen LogP contribution in [0.2, 0.25) is 0 Å². The Labute approximate surface area is 124 Å². The first-order valence-corrected chi connectivity index (χ1v) is 6.80. The maximum absolute atomic E-state index is 12.2. The minimum Gasteiger partial charge on any atom is -0.386 e. The predicted octanol–water partition coefficient (Wildman–Crippen LogP) is 3.92. The maximum Gasteiger partial charge on any atom is 0.346 e. The molecule has 0 heterocycles. The number of hydrogen-bond acceptors (Lipinski definition) is 3. The van der Waals surface area contributed by atoms with Gasteiger partial charge in [-0.05, 0) is 49.9 Å². The molecular formula is C18H18O3. The van der Waals surface area contributed by atoms with Gasteiger partial charge in [0, 0.05) is 0 Å². The van der Waals surface area contributed by atoms with Crippen LogP contribution in [0.4, 0.5) is 0 Å². The first kappa shape index (κ1) is 15.0. The highest BCUT2D eigenvalue weighted by molar-refractivity contribution is 6.05. The number of esters is 2. The van der Waals surface area contributed by atoms with Crippen molar-refractivity contribution in [3.8, 4) is 0 Å². The lowest BCUT2D eigenvalue weighted by Gasteiger charge is -2.11. The van der Waals surface area contributed by atoms with Crippen LogP contribution in [0.15, 0.2) is 36.4 Å². The Balaban J connectivity index is 2.30. The molecule has 2 rings (SSSR count). The van der Waals surface area contributed by atoms with E-state index in [0.29, 0.717) is 11.1 Å². The van der Waals surface area contributed by atoms with Crippen molar-refractivity contribution in [3.63, 3.8) is 0 Å². The van der Waals surface area contributed by atoms with Crippen molar-refractivity contribution in [2.75, 3.05) is 0 Å². The van der Waals surface area contributed by atoms with Gasteiger partial charge in [0.25, 0.3) is 0 Å². The van der Waals surface area contributed by atoms with E-state index in [9.17, 15) is 9.59 Å². The van der Waals surface area contributed by atoms with Gasteiger partial charge in [-0.2, -0.15) is 0 Å². The van der Waals surface area contributed by atoms with E-state index in [1.165, 1.54) is 0 Å². The molecule has 0 bridgehead atoms. The summed E-state index contributed by atoms with van der Waals surface area (Å²) >= 11 is 0. The van der Waals surface area contributed by atoms with Gasteiger partial charge in [0.2, 0.25) is 0 Å². The molecule has 0 aromatic heterocycles. The van der Waals surface area contributed by atoms with E-state index in [1.807, 2.05) is 64.1 Å². The third-order valence-electron chi connectivity index (χ3n) is 3.56. The molecule has 0 radical (unpaired) electrons. The molecule has 0 spiro atoms. The molecule has 108 valence electrons. The summed E-state index contributed by atoms with van der Waals surface area (Å²) < 4.78 is 5.07. The molecule has 2 aromatic rings. The SMILES string of the molecule is Cc1cccc(C)c1C(=O)OC(=O)c1c(C)cccc1C. The van der Waals surface area contributed by atoms with Crippen LogP contribution in [0.3, 0.4) is 0 Å². The van der Waals surface area contributed by atoms with E-state index in [4.69, 9.17) is 4.74 Å². The monoisotopic (exact) mass is 282 g/mol. The fraction of sp³-hybridized carbons (Fsp3) is 0.222. The Morgan fingerprint density at radius 1 is 0.667 bits per heavy atom. The zero-order valence-electron chi connectivity index (χ0n) is 12.7. The van der Waals surface area contributed by atoms with Gasteiger partial charge in [-0.25, -0.2) is 9.59 Å². The zero-order chi connectivity index (χ0) is 15.6. The van der Waals surface area contributed by atoms with Crippen LogP contribution in [0.5, 0.6) is 0 Å². The Kier molecular flexibility index (Phi) is 4.22. The molecule has 3 nitrogen and oxygen atoms in total. The normalized spacial score (nSPS) is 10.3. The summed E-state index contributed by atoms with van der Waals surface area (Å²) in [5.41, 5.74) is 4.11. The smallest absolute Gasteiger partial charge is 0.346 e. The van der Waals surface area contributed by atoms with Crippen LogP contribution in [-0.2, 0) is 4.74 Å². The van der Waals surface area contributed by atoms with E-state index < -0.39 is 11.9 Å². The highest BCUT2D eigenvalue weighted by Gasteiger charge is 2.20. The molecule has 0 aliphatic carbocycles. The summed E-state index contributed by atoms with van der Waals surface area (Å²) in [6, 6.07) is 11.0. The van der Waals surface area contributed by atoms with Gasteiger partial charge in [0.05, 0.1) is 11.1 Å². The highest BCUT2D eigenvalue weighted by Crippen LogP contribution is 2.18. The van der Waals surface area contributed by atoms with Gasteiger partial charge in [0.1, 0.15) is 0 Å². The summed E-state index contributed by atoms with van der Waals surface area (Å²) in [6.45, 7) is 7.31. The Morgan fingerprint density at radius 2 is 0.952 bits per heavy atom. The first-order valence-electron chi connectivity index (χ1n) is 6.80. The lowest BCUT2D eigenvalue weighted by atomic mass is 10.0. The largest absolute Gasteiger partial charge is 0.386 e. The molecule has 2 aromatic carbocycles. The second-order valence-electron chi connectivity index (χ2n) is 5.21. The molecule has 0 aliphatic heterocycles. The van der Waals surface area contributed by atoms with Crippen LogP contribution in [0, 0.1) is 27.7 Å². The van der Waals surface area contributed by atoms with Gasteiger partial charge < -0.3 is 4.74 Å². The first-order chi connectivity index (χ1) is 9.91. The number of aryl methyl sites for hydroxylation is 4. The van der Waals surface area contributed by atoms with E-state index in [-0.39, 0.29) is 0 Å². The molecular weight excluding hydrogens is 264 g/mol. The molecule has 0 N–H and O–H groups in total. The van der Waals surface area contributed by atoms with Crippen LogP contribution < -0.4 is 0 Å². The van der Waals surface area contributed by atoms with Crippen molar-refractivity contribution in [2.45, 2.75) is 27.7 Å². The van der Waals surface area contributed by atoms with E-state index in [0.717, 1.165) is 22.3 Å². The van der Waals surface area contributed by atoms with Gasteiger partial charge in [0.15, 0.2) is 0 Å². The van der Waals surface area contributed by atoms with Gasteiger partial charge >= 0.3 is 11.9 Å². The van der Waals surface area contributed by atoms with Crippen molar-refractivity contribution in [2.24, 2.45) is 0 Å². The summed E-state index contributed by atoms with van der Waals surface area (Å²) in [4.78, 5) is 24.5. The topological polar surface area (TPSA) is 43.4 Å². The number of ether oxygens (including phenoxy) is 1. The molecule has 0 amide bonds. The molecule has 0 fully saturated rings. The van der Waals surface area contributed by atoms with Gasteiger partial charge in [-0.3, -0.25) is 0 Å². The Morgan fingerprint density at radius 3 is 1.24 bits per heavy atom. The van der Waals surface area contributed by atoms with Crippen molar-refractivity contribution in [3.05, 3.63) is 69.8 Å². The summed E-state index contributed by atoms with van der Waals surface area (Å²) in [7, 11) is 0. The molecule has 0 saturated carbocycles. The summed E-state index contributed by atoms with van der Waals surface area (Å²) in [6.07, 6.45) is 0. The van der Waals surface area contributed by atoms with Crippen molar-refractivity contribution in [1.82, 2.24) is 0 Å². The Bertz CT molecular complexity index is 612. The number of rotatable bonds is 2. The van der Waals surface area contributed by atoms with Gasteiger partial charge in [-0.1, -0.05) is 36.4 Å². The van der Waals surface area contributed by atoms with Crippen LogP contribution in [0.25, 0.3) is 0 Å². The quantitative estimate of drug-likeness (QED) is 0.619. The molecule has 0 unspecified atom stereocenters. The minimum absolute atomic E-state index is 0.456. The van der Waals surface area contributed by atoms with Crippen LogP contribution in [0.1, 0.15) is 43.0 Å². The van der Waals surface area contributed by atoms with E-state index in [2.05, 4.69) is 0 Å². The van der Waals surface area contributed by atoms with Crippen molar-refractivity contribution in [1.29, 1.82) is 0 Å². The third-order valence-corrected chi connectivity index (χ3v) is 3.56. The summed E-state index contributed by atoms with van der Waals surface area (Å²) in [5.74, 6) is -1.20. The standard InChI is InChI=1S/C18H18O3/c1-11-7-5-8-12(2)15(11)17(19)21-18(20)16-13(3)9-6-10-14(16)4/h5-10H,1-4H3. The lowest BCUT2D eigenvalue weighted by Crippen LogP contribution is -2.16. The van der Waals surface area contributed by atoms with Crippen LogP contribution >= 0.6 is 0 Å².